The van der Waals surface area contributed by atoms with Gasteiger partial charge in [0.1, 0.15) is 5.54 Å². The maximum Gasteiger partial charge on any atom is 0.327 e. The van der Waals surface area contributed by atoms with Gasteiger partial charge in [-0.05, 0) is 51.1 Å². The van der Waals surface area contributed by atoms with Gasteiger partial charge < -0.3 is 15.0 Å². The molecule has 0 saturated heterocycles. The summed E-state index contributed by atoms with van der Waals surface area (Å²) in [6.45, 7) is 6.53. The fourth-order valence-corrected chi connectivity index (χ4v) is 2.21. The monoisotopic (exact) mass is 264 g/mol. The van der Waals surface area contributed by atoms with Gasteiger partial charge in [-0.1, -0.05) is 6.07 Å². The molecule has 1 rings (SSSR count). The number of carbonyl (C=O) groups excluding carboxylic acids is 1. The molecule has 0 bridgehead atoms. The summed E-state index contributed by atoms with van der Waals surface area (Å²) < 4.78 is 4.86. The van der Waals surface area contributed by atoms with E-state index in [9.17, 15) is 4.79 Å². The van der Waals surface area contributed by atoms with Crippen molar-refractivity contribution in [2.75, 3.05) is 32.6 Å². The van der Waals surface area contributed by atoms with E-state index >= 15 is 0 Å². The van der Waals surface area contributed by atoms with Crippen LogP contribution in [0, 0.1) is 13.8 Å². The van der Waals surface area contributed by atoms with E-state index in [2.05, 4.69) is 42.3 Å². The zero-order chi connectivity index (χ0) is 14.6. The maximum absolute atomic E-state index is 11.9. The van der Waals surface area contributed by atoms with E-state index in [0.717, 1.165) is 5.69 Å². The Morgan fingerprint density at radius 2 is 1.84 bits per heavy atom. The number of hydrogen-bond acceptors (Lipinski definition) is 4. The number of nitrogens with one attached hydrogen (secondary N) is 1. The Kier molecular flexibility index (Phi) is 4.95. The minimum Gasteiger partial charge on any atom is -0.468 e. The molecule has 1 aromatic carbocycles. The van der Waals surface area contributed by atoms with Crippen molar-refractivity contribution in [1.82, 2.24) is 5.32 Å². The van der Waals surface area contributed by atoms with Crippen LogP contribution in [0.1, 0.15) is 18.1 Å². The first kappa shape index (κ1) is 15.5. The van der Waals surface area contributed by atoms with Gasteiger partial charge in [0, 0.05) is 19.3 Å². The predicted octanol–water partition coefficient (Wildman–Crippen LogP) is 1.89. The average molecular weight is 264 g/mol. The van der Waals surface area contributed by atoms with Gasteiger partial charge in [-0.3, -0.25) is 0 Å². The molecule has 4 heteroatoms. The Labute approximate surface area is 115 Å². The highest BCUT2D eigenvalue weighted by Crippen LogP contribution is 2.20. The van der Waals surface area contributed by atoms with Gasteiger partial charge in [0.05, 0.1) is 7.11 Å². The van der Waals surface area contributed by atoms with Crippen LogP contribution in [0.25, 0.3) is 0 Å². The van der Waals surface area contributed by atoms with Crippen LogP contribution < -0.4 is 10.2 Å². The van der Waals surface area contributed by atoms with Crippen molar-refractivity contribution < 1.29 is 9.53 Å². The van der Waals surface area contributed by atoms with Gasteiger partial charge in [-0.25, -0.2) is 4.79 Å². The summed E-state index contributed by atoms with van der Waals surface area (Å²) in [6.07, 6.45) is 0. The zero-order valence-electron chi connectivity index (χ0n) is 12.7. The lowest BCUT2D eigenvalue weighted by molar-refractivity contribution is -0.147. The molecule has 0 aliphatic carbocycles. The number of esters is 1. The molecule has 0 fully saturated rings. The van der Waals surface area contributed by atoms with Crippen molar-refractivity contribution >= 4 is 11.7 Å². The number of rotatable bonds is 5. The van der Waals surface area contributed by atoms with E-state index in [1.807, 2.05) is 14.0 Å². The molecule has 0 aromatic heterocycles. The van der Waals surface area contributed by atoms with Gasteiger partial charge in [-0.2, -0.15) is 0 Å². The zero-order valence-corrected chi connectivity index (χ0v) is 12.7. The smallest absolute Gasteiger partial charge is 0.327 e. The highest BCUT2D eigenvalue weighted by molar-refractivity contribution is 5.81. The quantitative estimate of drug-likeness (QED) is 0.825. The first-order chi connectivity index (χ1) is 8.82. The van der Waals surface area contributed by atoms with Gasteiger partial charge in [0.2, 0.25) is 0 Å². The summed E-state index contributed by atoms with van der Waals surface area (Å²) in [5.74, 6) is -0.258. The number of anilines is 1. The summed E-state index contributed by atoms with van der Waals surface area (Å²) in [4.78, 5) is 13.9. The second-order valence-electron chi connectivity index (χ2n) is 5.28. The molecular formula is C15H24N2O2. The lowest BCUT2D eigenvalue weighted by Gasteiger charge is -2.32. The molecule has 0 spiro atoms. The van der Waals surface area contributed by atoms with Crippen LogP contribution in [0.4, 0.5) is 5.69 Å². The fraction of sp³-hybridized carbons (Fsp3) is 0.533. The second-order valence-corrected chi connectivity index (χ2v) is 5.28. The third kappa shape index (κ3) is 3.70. The molecule has 1 aromatic rings. The number of benzene rings is 1. The molecule has 106 valence electrons. The number of methoxy groups -OCH3 is 1. The maximum atomic E-state index is 11.9. The van der Waals surface area contributed by atoms with Crippen LogP contribution in [0.2, 0.25) is 0 Å². The van der Waals surface area contributed by atoms with Crippen molar-refractivity contribution in [3.63, 3.8) is 0 Å². The van der Waals surface area contributed by atoms with Gasteiger partial charge in [-0.15, -0.1) is 0 Å². The molecule has 1 unspecified atom stereocenters. The summed E-state index contributed by atoms with van der Waals surface area (Å²) >= 11 is 0. The molecule has 0 aliphatic rings. The van der Waals surface area contributed by atoms with Crippen molar-refractivity contribution in [3.05, 3.63) is 29.3 Å². The molecule has 0 aliphatic heterocycles. The molecule has 0 saturated carbocycles. The van der Waals surface area contributed by atoms with Crippen LogP contribution in [0.15, 0.2) is 18.2 Å². The van der Waals surface area contributed by atoms with Crippen molar-refractivity contribution in [1.29, 1.82) is 0 Å². The number of aryl methyl sites for hydroxylation is 2. The molecule has 0 radical (unpaired) electrons. The highest BCUT2D eigenvalue weighted by Gasteiger charge is 2.34. The van der Waals surface area contributed by atoms with E-state index in [4.69, 9.17) is 4.74 Å². The first-order valence-corrected chi connectivity index (χ1v) is 6.39. The Morgan fingerprint density at radius 3 is 2.26 bits per heavy atom. The SMILES string of the molecule is CNC(C)(CN(C)c1cc(C)cc(C)c1)C(=O)OC. The summed E-state index contributed by atoms with van der Waals surface area (Å²) in [5, 5.41) is 3.04. The third-order valence-electron chi connectivity index (χ3n) is 3.39. The lowest BCUT2D eigenvalue weighted by atomic mass is 10.0. The Balaban J connectivity index is 2.94. The lowest BCUT2D eigenvalue weighted by Crippen LogP contribution is -2.55. The molecule has 0 amide bonds. The number of ether oxygens (including phenoxy) is 1. The molecule has 19 heavy (non-hydrogen) atoms. The number of likely N-dealkylation sites (N-methyl/N-ethyl adjacent to an activating group) is 2. The highest BCUT2D eigenvalue weighted by atomic mass is 16.5. The Bertz CT molecular complexity index is 439. The first-order valence-electron chi connectivity index (χ1n) is 6.39. The van der Waals surface area contributed by atoms with E-state index in [1.54, 1.807) is 7.05 Å². The van der Waals surface area contributed by atoms with Crippen LogP contribution in [0.3, 0.4) is 0 Å². The average Bonchev–Trinajstić information content (AvgIpc) is 2.36. The van der Waals surface area contributed by atoms with E-state index in [0.29, 0.717) is 6.54 Å². The predicted molar refractivity (Wildman–Crippen MR) is 78.7 cm³/mol. The Hall–Kier alpha value is -1.55. The van der Waals surface area contributed by atoms with E-state index in [-0.39, 0.29) is 5.97 Å². The minimum absolute atomic E-state index is 0.258. The summed E-state index contributed by atoms with van der Waals surface area (Å²) in [5.41, 5.74) is 2.81. The van der Waals surface area contributed by atoms with Crippen LogP contribution >= 0.6 is 0 Å². The third-order valence-corrected chi connectivity index (χ3v) is 3.39. The van der Waals surface area contributed by atoms with Crippen molar-refractivity contribution in [3.8, 4) is 0 Å². The minimum atomic E-state index is -0.721. The standard InChI is InChI=1S/C15H24N2O2/c1-11-7-12(2)9-13(8-11)17(5)10-15(3,16-4)14(18)19-6/h7-9,16H,10H2,1-6H3. The van der Waals surface area contributed by atoms with Crippen LogP contribution in [-0.4, -0.2) is 39.3 Å². The van der Waals surface area contributed by atoms with Gasteiger partial charge >= 0.3 is 5.97 Å². The number of carbonyl (C=O) groups is 1. The molecule has 1 atom stereocenters. The largest absolute Gasteiger partial charge is 0.468 e. The molecule has 0 heterocycles. The van der Waals surface area contributed by atoms with Gasteiger partial charge in [0.15, 0.2) is 0 Å². The summed E-state index contributed by atoms with van der Waals surface area (Å²) in [7, 11) is 5.16. The van der Waals surface area contributed by atoms with Crippen molar-refractivity contribution in [2.24, 2.45) is 0 Å². The van der Waals surface area contributed by atoms with Crippen LogP contribution in [-0.2, 0) is 9.53 Å². The molecular weight excluding hydrogens is 240 g/mol. The van der Waals surface area contributed by atoms with E-state index < -0.39 is 5.54 Å². The molecule has 4 nitrogen and oxygen atoms in total. The van der Waals surface area contributed by atoms with Crippen LogP contribution in [0.5, 0.6) is 0 Å². The molecule has 1 N–H and O–H groups in total. The Morgan fingerprint density at radius 1 is 1.32 bits per heavy atom. The topological polar surface area (TPSA) is 41.6 Å². The number of nitrogens with zero attached hydrogens (tertiary/aromatic N) is 1. The second kappa shape index (κ2) is 6.06. The number of hydrogen-bond donors (Lipinski definition) is 1. The fourth-order valence-electron chi connectivity index (χ4n) is 2.21. The van der Waals surface area contributed by atoms with Crippen molar-refractivity contribution in [2.45, 2.75) is 26.3 Å². The van der Waals surface area contributed by atoms with E-state index in [1.165, 1.54) is 18.2 Å². The van der Waals surface area contributed by atoms with Gasteiger partial charge in [0.25, 0.3) is 0 Å². The normalized spacial score (nSPS) is 13.8. The summed E-state index contributed by atoms with van der Waals surface area (Å²) in [6, 6.07) is 6.36.